The summed E-state index contributed by atoms with van der Waals surface area (Å²) in [4.78, 5) is 11.2. The molecule has 0 atom stereocenters. The van der Waals surface area contributed by atoms with Crippen LogP contribution in [0.2, 0.25) is 0 Å². The molecule has 0 aliphatic carbocycles. The normalized spacial score (nSPS) is 11.2. The highest BCUT2D eigenvalue weighted by atomic mass is 16.3. The Balaban J connectivity index is 2.81. The van der Waals surface area contributed by atoms with Gasteiger partial charge in [-0.05, 0) is 26.0 Å². The van der Waals surface area contributed by atoms with Gasteiger partial charge in [-0.2, -0.15) is 5.10 Å². The summed E-state index contributed by atoms with van der Waals surface area (Å²) < 4.78 is 1.68. The minimum absolute atomic E-state index is 0.0948. The zero-order chi connectivity index (χ0) is 11.9. The number of phenolic OH excluding ortho intramolecular Hbond substituents is 1. The molecule has 5 nitrogen and oxygen atoms in total. The molecule has 3 N–H and O–H groups in total. The van der Waals surface area contributed by atoms with Crippen molar-refractivity contribution in [2.45, 2.75) is 19.9 Å². The fraction of sp³-hybridized carbons (Fsp3) is 0.273. The number of fused-ring (bicyclic) bond motifs is 1. The SMILES string of the molecule is CC(C)n1nc(C(N)=O)c2ccc(O)cc21. The van der Waals surface area contributed by atoms with Crippen molar-refractivity contribution in [1.82, 2.24) is 9.78 Å². The Kier molecular flexibility index (Phi) is 2.30. The number of aromatic nitrogens is 2. The average molecular weight is 219 g/mol. The number of primary amides is 1. The van der Waals surface area contributed by atoms with Crippen molar-refractivity contribution < 1.29 is 9.90 Å². The van der Waals surface area contributed by atoms with Gasteiger partial charge in [0.1, 0.15) is 5.75 Å². The van der Waals surface area contributed by atoms with E-state index in [1.807, 2.05) is 13.8 Å². The van der Waals surface area contributed by atoms with Gasteiger partial charge in [-0.1, -0.05) is 0 Å². The molecule has 1 amide bonds. The van der Waals surface area contributed by atoms with Crippen molar-refractivity contribution in [1.29, 1.82) is 0 Å². The minimum Gasteiger partial charge on any atom is -0.508 e. The summed E-state index contributed by atoms with van der Waals surface area (Å²) in [6, 6.07) is 4.84. The molecule has 2 rings (SSSR count). The fourth-order valence-corrected chi connectivity index (χ4v) is 1.70. The summed E-state index contributed by atoms with van der Waals surface area (Å²) in [5.41, 5.74) is 6.21. The standard InChI is InChI=1S/C11H13N3O2/c1-6(2)14-9-5-7(15)3-4-8(9)10(13-14)11(12)16/h3-6,15H,1-2H3,(H2,12,16). The molecule has 0 saturated carbocycles. The molecule has 0 bridgehead atoms. The highest BCUT2D eigenvalue weighted by Crippen LogP contribution is 2.25. The lowest BCUT2D eigenvalue weighted by Crippen LogP contribution is -2.13. The van der Waals surface area contributed by atoms with Gasteiger partial charge in [0.25, 0.3) is 5.91 Å². The molecule has 2 aromatic rings. The smallest absolute Gasteiger partial charge is 0.269 e. The minimum atomic E-state index is -0.560. The van der Waals surface area contributed by atoms with E-state index in [0.29, 0.717) is 10.9 Å². The third-order valence-electron chi connectivity index (χ3n) is 2.41. The van der Waals surface area contributed by atoms with Crippen LogP contribution in [0.1, 0.15) is 30.4 Å². The largest absolute Gasteiger partial charge is 0.508 e. The van der Waals surface area contributed by atoms with Gasteiger partial charge in [-0.15, -0.1) is 0 Å². The predicted octanol–water partition coefficient (Wildman–Crippen LogP) is 1.42. The highest BCUT2D eigenvalue weighted by Gasteiger charge is 2.16. The van der Waals surface area contributed by atoms with Crippen LogP contribution in [0.25, 0.3) is 10.9 Å². The summed E-state index contributed by atoms with van der Waals surface area (Å²) in [6.45, 7) is 3.89. The van der Waals surface area contributed by atoms with Gasteiger partial charge >= 0.3 is 0 Å². The molecular formula is C11H13N3O2. The van der Waals surface area contributed by atoms with Gasteiger partial charge in [0.2, 0.25) is 0 Å². The molecule has 0 unspecified atom stereocenters. The van der Waals surface area contributed by atoms with Gasteiger partial charge < -0.3 is 10.8 Å². The van der Waals surface area contributed by atoms with E-state index in [4.69, 9.17) is 5.73 Å². The number of carbonyl (C=O) groups excluding carboxylic acids is 1. The summed E-state index contributed by atoms with van der Waals surface area (Å²) >= 11 is 0. The molecule has 0 saturated heterocycles. The highest BCUT2D eigenvalue weighted by molar-refractivity contribution is 6.04. The van der Waals surface area contributed by atoms with Crippen molar-refractivity contribution in [3.63, 3.8) is 0 Å². The van der Waals surface area contributed by atoms with E-state index < -0.39 is 5.91 Å². The lowest BCUT2D eigenvalue weighted by molar-refractivity contribution is 0.0996. The Morgan fingerprint density at radius 3 is 2.75 bits per heavy atom. The number of carbonyl (C=O) groups is 1. The van der Waals surface area contributed by atoms with Crippen LogP contribution in [-0.2, 0) is 0 Å². The zero-order valence-electron chi connectivity index (χ0n) is 9.14. The Labute approximate surface area is 92.5 Å². The van der Waals surface area contributed by atoms with Crippen LogP contribution in [0.15, 0.2) is 18.2 Å². The van der Waals surface area contributed by atoms with E-state index in [-0.39, 0.29) is 17.5 Å². The molecule has 0 fully saturated rings. The van der Waals surface area contributed by atoms with Crippen molar-refractivity contribution in [2.24, 2.45) is 5.73 Å². The van der Waals surface area contributed by atoms with E-state index in [1.54, 1.807) is 16.8 Å². The Bertz CT molecular complexity index is 558. The van der Waals surface area contributed by atoms with Gasteiger partial charge in [0.05, 0.1) is 5.52 Å². The molecule has 1 aromatic heterocycles. The average Bonchev–Trinajstić information content (AvgIpc) is 2.56. The van der Waals surface area contributed by atoms with Crippen molar-refractivity contribution in [2.75, 3.05) is 0 Å². The number of hydrogen-bond acceptors (Lipinski definition) is 3. The molecule has 0 aliphatic heterocycles. The maximum atomic E-state index is 11.2. The summed E-state index contributed by atoms with van der Waals surface area (Å²) in [5.74, 6) is -0.416. The van der Waals surface area contributed by atoms with Crippen LogP contribution in [0, 0.1) is 0 Å². The molecular weight excluding hydrogens is 206 g/mol. The maximum Gasteiger partial charge on any atom is 0.269 e. The first-order valence-electron chi connectivity index (χ1n) is 5.01. The van der Waals surface area contributed by atoms with Gasteiger partial charge in [0.15, 0.2) is 5.69 Å². The van der Waals surface area contributed by atoms with Crippen molar-refractivity contribution in [3.05, 3.63) is 23.9 Å². The maximum absolute atomic E-state index is 11.2. The summed E-state index contributed by atoms with van der Waals surface area (Å²) in [6.07, 6.45) is 0. The van der Waals surface area contributed by atoms with Crippen LogP contribution in [0.4, 0.5) is 0 Å². The number of nitrogens with zero attached hydrogens (tertiary/aromatic N) is 2. The van der Waals surface area contributed by atoms with Crippen LogP contribution >= 0.6 is 0 Å². The van der Waals surface area contributed by atoms with E-state index in [9.17, 15) is 9.90 Å². The Morgan fingerprint density at radius 1 is 1.50 bits per heavy atom. The summed E-state index contributed by atoms with van der Waals surface area (Å²) in [5, 5.41) is 14.3. The van der Waals surface area contributed by atoms with Crippen molar-refractivity contribution in [3.8, 4) is 5.75 Å². The molecule has 1 heterocycles. The Hall–Kier alpha value is -2.04. The van der Waals surface area contributed by atoms with Gasteiger partial charge in [-0.3, -0.25) is 9.48 Å². The van der Waals surface area contributed by atoms with Crippen LogP contribution < -0.4 is 5.73 Å². The van der Waals surface area contributed by atoms with Crippen molar-refractivity contribution >= 4 is 16.8 Å². The molecule has 0 aliphatic rings. The number of phenols is 1. The van der Waals surface area contributed by atoms with E-state index in [1.165, 1.54) is 6.07 Å². The summed E-state index contributed by atoms with van der Waals surface area (Å²) in [7, 11) is 0. The van der Waals surface area contributed by atoms with Crippen LogP contribution in [-0.4, -0.2) is 20.8 Å². The number of rotatable bonds is 2. The third kappa shape index (κ3) is 1.50. The van der Waals surface area contributed by atoms with Gasteiger partial charge in [-0.25, -0.2) is 0 Å². The number of aromatic hydroxyl groups is 1. The Morgan fingerprint density at radius 2 is 2.19 bits per heavy atom. The molecule has 84 valence electrons. The van der Waals surface area contributed by atoms with E-state index >= 15 is 0 Å². The molecule has 1 aromatic carbocycles. The van der Waals surface area contributed by atoms with E-state index in [0.717, 1.165) is 0 Å². The monoisotopic (exact) mass is 219 g/mol. The van der Waals surface area contributed by atoms with Crippen LogP contribution in [0.3, 0.4) is 0 Å². The first-order valence-corrected chi connectivity index (χ1v) is 5.01. The molecule has 0 spiro atoms. The third-order valence-corrected chi connectivity index (χ3v) is 2.41. The number of hydrogen-bond donors (Lipinski definition) is 2. The van der Waals surface area contributed by atoms with Gasteiger partial charge in [0, 0.05) is 17.5 Å². The number of amides is 1. The second kappa shape index (κ2) is 3.52. The van der Waals surface area contributed by atoms with E-state index in [2.05, 4.69) is 5.10 Å². The molecule has 0 radical (unpaired) electrons. The zero-order valence-corrected chi connectivity index (χ0v) is 9.14. The fourth-order valence-electron chi connectivity index (χ4n) is 1.70. The first-order chi connectivity index (χ1) is 7.50. The topological polar surface area (TPSA) is 81.1 Å². The lowest BCUT2D eigenvalue weighted by atomic mass is 10.2. The molecule has 16 heavy (non-hydrogen) atoms. The lowest BCUT2D eigenvalue weighted by Gasteiger charge is -2.06. The quantitative estimate of drug-likeness (QED) is 0.801. The number of nitrogens with two attached hydrogens (primary N) is 1. The predicted molar refractivity (Wildman–Crippen MR) is 60.3 cm³/mol. The second-order valence-corrected chi connectivity index (χ2v) is 3.95. The van der Waals surface area contributed by atoms with Crippen LogP contribution in [0.5, 0.6) is 5.75 Å². The second-order valence-electron chi connectivity index (χ2n) is 3.95. The first kappa shape index (κ1) is 10.5. The molecule has 5 heteroatoms. The number of benzene rings is 1.